The van der Waals surface area contributed by atoms with Crippen molar-refractivity contribution in [1.29, 1.82) is 5.26 Å². The van der Waals surface area contributed by atoms with Crippen LogP contribution in [0.15, 0.2) is 35.1 Å². The highest BCUT2D eigenvalue weighted by molar-refractivity contribution is 6.65. The summed E-state index contributed by atoms with van der Waals surface area (Å²) in [5.74, 6) is 4.11. The number of hydrogen-bond donors (Lipinski definition) is 0. The molecule has 0 saturated carbocycles. The average Bonchev–Trinajstić information content (AvgIpc) is 3.01. The van der Waals surface area contributed by atoms with Gasteiger partial charge in [-0.2, -0.15) is 0 Å². The minimum atomic E-state index is 0.0522. The second-order valence-corrected chi connectivity index (χ2v) is 5.16. The van der Waals surface area contributed by atoms with Crippen molar-refractivity contribution in [2.75, 3.05) is 6.61 Å². The Morgan fingerprint density at radius 3 is 3.15 bits per heavy atom. The standard InChI is InChI=1S/C15H15BN2O2/c1-16(10-17)9-11-5-7-19-14-12(11)3-2-4-13(14)15-18-6-8-20-15/h2-4,6,8,11H,5,7,9H2,1H3. The number of benzene rings is 1. The number of aromatic nitrogens is 1. The summed E-state index contributed by atoms with van der Waals surface area (Å²) < 4.78 is 11.2. The molecule has 4 nitrogen and oxygen atoms in total. The first-order valence-corrected chi connectivity index (χ1v) is 6.84. The van der Waals surface area contributed by atoms with Crippen molar-refractivity contribution in [2.45, 2.75) is 25.5 Å². The molecule has 1 aliphatic heterocycles. The fraction of sp³-hybridized carbons (Fsp3) is 0.333. The van der Waals surface area contributed by atoms with Gasteiger partial charge in [-0.1, -0.05) is 25.3 Å². The Kier molecular flexibility index (Phi) is 3.47. The number of para-hydroxylation sites is 1. The summed E-state index contributed by atoms with van der Waals surface area (Å²) in [6, 6.07) is 6.04. The molecule has 0 saturated heterocycles. The van der Waals surface area contributed by atoms with E-state index in [0.29, 0.717) is 18.4 Å². The van der Waals surface area contributed by atoms with Gasteiger partial charge in [-0.3, -0.25) is 0 Å². The molecule has 100 valence electrons. The molecule has 0 aliphatic carbocycles. The van der Waals surface area contributed by atoms with Gasteiger partial charge in [0.1, 0.15) is 12.0 Å². The van der Waals surface area contributed by atoms with E-state index in [0.717, 1.165) is 29.6 Å². The minimum absolute atomic E-state index is 0.0522. The van der Waals surface area contributed by atoms with Crippen LogP contribution in [0.4, 0.5) is 0 Å². The Balaban J connectivity index is 1.99. The third kappa shape index (κ3) is 2.29. The quantitative estimate of drug-likeness (QED) is 0.799. The highest BCUT2D eigenvalue weighted by Gasteiger charge is 2.27. The Morgan fingerprint density at radius 2 is 2.40 bits per heavy atom. The zero-order chi connectivity index (χ0) is 13.9. The van der Waals surface area contributed by atoms with Crippen molar-refractivity contribution in [1.82, 2.24) is 4.98 Å². The van der Waals surface area contributed by atoms with Crippen LogP contribution in [-0.4, -0.2) is 18.3 Å². The van der Waals surface area contributed by atoms with Crippen LogP contribution in [0.3, 0.4) is 0 Å². The van der Waals surface area contributed by atoms with Crippen LogP contribution in [-0.2, 0) is 0 Å². The van der Waals surface area contributed by atoms with Gasteiger partial charge in [0.15, 0.2) is 0 Å². The molecule has 3 rings (SSSR count). The summed E-state index contributed by atoms with van der Waals surface area (Å²) in [6.07, 6.45) is 5.01. The molecule has 20 heavy (non-hydrogen) atoms. The Bertz CT molecular complexity index is 634. The van der Waals surface area contributed by atoms with Crippen LogP contribution >= 0.6 is 0 Å². The van der Waals surface area contributed by atoms with Gasteiger partial charge in [0.2, 0.25) is 5.89 Å². The van der Waals surface area contributed by atoms with Gasteiger partial charge in [-0.05, 0) is 24.0 Å². The second-order valence-electron chi connectivity index (χ2n) is 5.16. The van der Waals surface area contributed by atoms with Gasteiger partial charge in [-0.15, -0.1) is 0 Å². The number of fused-ring (bicyclic) bond motifs is 1. The maximum Gasteiger partial charge on any atom is 0.265 e. The van der Waals surface area contributed by atoms with Gasteiger partial charge in [0.25, 0.3) is 6.71 Å². The smallest absolute Gasteiger partial charge is 0.265 e. The lowest BCUT2D eigenvalue weighted by molar-refractivity contribution is 0.272. The summed E-state index contributed by atoms with van der Waals surface area (Å²) in [5.41, 5.74) is 2.05. The first kappa shape index (κ1) is 12.8. The molecule has 0 amide bonds. The van der Waals surface area contributed by atoms with Crippen LogP contribution < -0.4 is 4.74 Å². The van der Waals surface area contributed by atoms with Crippen molar-refractivity contribution in [3.05, 3.63) is 36.2 Å². The lowest BCUT2D eigenvalue weighted by Gasteiger charge is -2.27. The zero-order valence-corrected chi connectivity index (χ0v) is 11.4. The highest BCUT2D eigenvalue weighted by Crippen LogP contribution is 2.42. The molecule has 0 spiro atoms. The largest absolute Gasteiger partial charge is 0.492 e. The van der Waals surface area contributed by atoms with E-state index < -0.39 is 0 Å². The number of ether oxygens (including phenoxy) is 1. The van der Waals surface area contributed by atoms with E-state index >= 15 is 0 Å². The van der Waals surface area contributed by atoms with Crippen LogP contribution in [0.1, 0.15) is 17.9 Å². The zero-order valence-electron chi connectivity index (χ0n) is 11.4. The molecular formula is C15H15BN2O2. The molecule has 5 heteroatoms. The van der Waals surface area contributed by atoms with E-state index in [9.17, 15) is 0 Å². The van der Waals surface area contributed by atoms with Gasteiger partial charge in [0, 0.05) is 5.97 Å². The second kappa shape index (κ2) is 5.42. The van der Waals surface area contributed by atoms with Crippen molar-refractivity contribution < 1.29 is 9.15 Å². The van der Waals surface area contributed by atoms with Crippen LogP contribution in [0.5, 0.6) is 5.75 Å². The summed E-state index contributed by atoms with van der Waals surface area (Å²) in [5, 5.41) is 9.01. The number of nitriles is 1. The molecule has 2 aromatic rings. The van der Waals surface area contributed by atoms with E-state index in [2.05, 4.69) is 17.0 Å². The first-order valence-electron chi connectivity index (χ1n) is 6.84. The highest BCUT2D eigenvalue weighted by atomic mass is 16.5. The van der Waals surface area contributed by atoms with Crippen LogP contribution in [0.2, 0.25) is 13.1 Å². The monoisotopic (exact) mass is 266 g/mol. The lowest BCUT2D eigenvalue weighted by atomic mass is 9.48. The van der Waals surface area contributed by atoms with Crippen LogP contribution in [0.25, 0.3) is 11.5 Å². The predicted molar refractivity (Wildman–Crippen MR) is 76.8 cm³/mol. The van der Waals surface area contributed by atoms with Gasteiger partial charge >= 0.3 is 0 Å². The van der Waals surface area contributed by atoms with Crippen molar-refractivity contribution in [3.8, 4) is 23.2 Å². The van der Waals surface area contributed by atoms with E-state index in [-0.39, 0.29) is 6.71 Å². The molecule has 1 unspecified atom stereocenters. The molecular weight excluding hydrogens is 251 g/mol. The van der Waals surface area contributed by atoms with Crippen molar-refractivity contribution >= 4 is 6.71 Å². The number of rotatable bonds is 3. The van der Waals surface area contributed by atoms with Gasteiger partial charge in [0.05, 0.1) is 18.4 Å². The molecule has 1 aromatic carbocycles. The fourth-order valence-corrected chi connectivity index (χ4v) is 2.75. The summed E-state index contributed by atoms with van der Waals surface area (Å²) in [6.45, 7) is 2.69. The average molecular weight is 266 g/mol. The van der Waals surface area contributed by atoms with Crippen LogP contribution in [0, 0.1) is 11.2 Å². The predicted octanol–water partition coefficient (Wildman–Crippen LogP) is 3.40. The molecule has 0 N–H and O–H groups in total. The maximum atomic E-state index is 9.01. The third-order valence-corrected chi connectivity index (χ3v) is 3.72. The molecule has 0 radical (unpaired) electrons. The third-order valence-electron chi connectivity index (χ3n) is 3.72. The molecule has 1 aromatic heterocycles. The molecule has 2 heterocycles. The van der Waals surface area contributed by atoms with Gasteiger partial charge < -0.3 is 9.15 Å². The molecule has 0 bridgehead atoms. The summed E-state index contributed by atoms with van der Waals surface area (Å²) in [4.78, 5) is 4.20. The molecule has 1 atom stereocenters. The van der Waals surface area contributed by atoms with Crippen molar-refractivity contribution in [3.63, 3.8) is 0 Å². The van der Waals surface area contributed by atoms with Crippen molar-refractivity contribution in [2.24, 2.45) is 0 Å². The summed E-state index contributed by atoms with van der Waals surface area (Å²) in [7, 11) is 0. The molecule has 1 aliphatic rings. The fourth-order valence-electron chi connectivity index (χ4n) is 2.75. The molecule has 0 fully saturated rings. The van der Waals surface area contributed by atoms with E-state index in [1.165, 1.54) is 0 Å². The normalized spacial score (nSPS) is 16.9. The number of hydrogen-bond acceptors (Lipinski definition) is 4. The summed E-state index contributed by atoms with van der Waals surface area (Å²) >= 11 is 0. The van der Waals surface area contributed by atoms with E-state index in [1.807, 2.05) is 19.0 Å². The van der Waals surface area contributed by atoms with E-state index in [1.54, 1.807) is 12.5 Å². The Labute approximate surface area is 118 Å². The Hall–Kier alpha value is -2.22. The van der Waals surface area contributed by atoms with Gasteiger partial charge in [-0.25, -0.2) is 10.2 Å². The topological polar surface area (TPSA) is 59.0 Å². The SMILES string of the molecule is CB(C#N)CC1CCOc2c(-c3ncco3)cccc21. The Morgan fingerprint density at radius 1 is 1.50 bits per heavy atom. The number of nitrogens with zero attached hydrogens (tertiary/aromatic N) is 2. The van der Waals surface area contributed by atoms with E-state index in [4.69, 9.17) is 14.4 Å². The minimum Gasteiger partial charge on any atom is -0.492 e. The number of oxazole rings is 1. The first-order chi connectivity index (χ1) is 9.79. The lowest BCUT2D eigenvalue weighted by Crippen LogP contribution is -2.19. The maximum absolute atomic E-state index is 9.01.